The molecule has 0 aliphatic carbocycles. The molecule has 0 bridgehead atoms. The Morgan fingerprint density at radius 3 is 2.44 bits per heavy atom. The quantitative estimate of drug-likeness (QED) is 0.448. The van der Waals surface area contributed by atoms with Crippen LogP contribution in [0.1, 0.15) is 0 Å². The molecule has 0 heterocycles. The summed E-state index contributed by atoms with van der Waals surface area (Å²) in [5, 5.41) is 14.3. The summed E-state index contributed by atoms with van der Waals surface area (Å²) in [6.07, 6.45) is 0. The first-order valence-electron chi connectivity index (χ1n) is 8.00. The maximum atomic E-state index is 5.59. The van der Waals surface area contributed by atoms with Gasteiger partial charge < -0.3 is 15.2 Å². The van der Waals surface area contributed by atoms with E-state index in [2.05, 4.69) is 27.7 Å². The van der Waals surface area contributed by atoms with Crippen LogP contribution in [0.3, 0.4) is 0 Å². The number of rotatable bonds is 7. The van der Waals surface area contributed by atoms with Gasteiger partial charge in [-0.3, -0.25) is 0 Å². The Balaban J connectivity index is 1.88. The van der Waals surface area contributed by atoms with Crippen LogP contribution in [0.15, 0.2) is 75.8 Å². The van der Waals surface area contributed by atoms with Gasteiger partial charge in [-0.2, -0.15) is 5.11 Å². The molecule has 6 heteroatoms. The summed E-state index contributed by atoms with van der Waals surface area (Å²) in [5.74, 6) is 0. The topological polar surface area (TPSA) is 72.0 Å². The lowest BCUT2D eigenvalue weighted by atomic mass is 10.1. The highest BCUT2D eigenvalue weighted by Gasteiger charge is 2.05. The summed E-state index contributed by atoms with van der Waals surface area (Å²) in [6, 6.07) is 19.9. The number of hydrogen-bond acceptors (Lipinski definition) is 6. The Morgan fingerprint density at radius 2 is 1.72 bits per heavy atom. The molecule has 0 fully saturated rings. The predicted octanol–water partition coefficient (Wildman–Crippen LogP) is 5.28. The summed E-state index contributed by atoms with van der Waals surface area (Å²) < 4.78 is 5.03. The number of nitrogens with one attached hydrogen (secondary N) is 1. The zero-order chi connectivity index (χ0) is 17.5. The Kier molecular flexibility index (Phi) is 6.00. The Labute approximate surface area is 151 Å². The predicted molar refractivity (Wildman–Crippen MR) is 105 cm³/mol. The van der Waals surface area contributed by atoms with Crippen LogP contribution in [0.4, 0.5) is 17.1 Å². The molecule has 0 atom stereocenters. The molecule has 3 N–H and O–H groups in total. The van der Waals surface area contributed by atoms with Crippen LogP contribution in [0, 0.1) is 0 Å². The number of benzene rings is 3. The molecule has 0 amide bonds. The molecule has 0 aromatic heterocycles. The van der Waals surface area contributed by atoms with E-state index in [4.69, 9.17) is 9.92 Å². The molecule has 0 saturated carbocycles. The lowest BCUT2D eigenvalue weighted by Gasteiger charge is -2.10. The fraction of sp³-hybridized carbons (Fsp3) is 0.158. The van der Waals surface area contributed by atoms with Gasteiger partial charge in [0, 0.05) is 46.5 Å². The number of fused-ring (bicyclic) bond motifs is 1. The molecular weight excluding hydrogens is 332 g/mol. The van der Waals surface area contributed by atoms with Gasteiger partial charge in [0.1, 0.15) is 0 Å². The first-order chi connectivity index (χ1) is 12.3. The molecule has 5 nitrogen and oxygen atoms in total. The van der Waals surface area contributed by atoms with Crippen LogP contribution in [0.5, 0.6) is 0 Å². The normalized spacial score (nSPS) is 11.3. The van der Waals surface area contributed by atoms with Crippen molar-refractivity contribution < 1.29 is 4.18 Å². The summed E-state index contributed by atoms with van der Waals surface area (Å²) in [7, 11) is 1.65. The van der Waals surface area contributed by atoms with E-state index in [0.29, 0.717) is 6.54 Å². The minimum atomic E-state index is 0.590. The van der Waals surface area contributed by atoms with Gasteiger partial charge in [-0.25, -0.2) is 0 Å². The monoisotopic (exact) mass is 352 g/mol. The van der Waals surface area contributed by atoms with Crippen molar-refractivity contribution in [1.29, 1.82) is 0 Å². The van der Waals surface area contributed by atoms with E-state index in [1.54, 1.807) is 7.11 Å². The molecule has 3 rings (SSSR count). The van der Waals surface area contributed by atoms with Crippen LogP contribution in [-0.2, 0) is 4.18 Å². The molecule has 0 unspecified atom stereocenters. The third kappa shape index (κ3) is 4.36. The van der Waals surface area contributed by atoms with Crippen molar-refractivity contribution in [2.45, 2.75) is 4.90 Å². The lowest BCUT2D eigenvalue weighted by Crippen LogP contribution is -2.13. The molecule has 0 aliphatic heterocycles. The molecule has 3 aromatic carbocycles. The van der Waals surface area contributed by atoms with Gasteiger partial charge in [-0.1, -0.05) is 24.3 Å². The molecule has 0 radical (unpaired) electrons. The number of nitrogens with two attached hydrogens (primary N) is 1. The lowest BCUT2D eigenvalue weighted by molar-refractivity contribution is 0.490. The van der Waals surface area contributed by atoms with E-state index in [1.165, 1.54) is 12.0 Å². The largest absolute Gasteiger partial charge is 0.383 e. The number of nitrogens with zero attached hydrogens (tertiary/aromatic N) is 2. The average molecular weight is 352 g/mol. The molecular formula is C19H20N4OS. The van der Waals surface area contributed by atoms with Crippen molar-refractivity contribution in [3.8, 4) is 0 Å². The second-order valence-corrected chi connectivity index (χ2v) is 6.31. The van der Waals surface area contributed by atoms with Crippen molar-refractivity contribution in [1.82, 2.24) is 0 Å². The van der Waals surface area contributed by atoms with Crippen LogP contribution in [0.2, 0.25) is 0 Å². The van der Waals surface area contributed by atoms with Crippen molar-refractivity contribution in [3.05, 3.63) is 60.7 Å². The maximum absolute atomic E-state index is 5.59. The molecule has 0 aliphatic rings. The van der Waals surface area contributed by atoms with E-state index in [1.807, 2.05) is 48.5 Å². The van der Waals surface area contributed by atoms with E-state index in [-0.39, 0.29) is 0 Å². The number of azo groups is 1. The average Bonchev–Trinajstić information content (AvgIpc) is 2.66. The fourth-order valence-corrected chi connectivity index (χ4v) is 2.95. The van der Waals surface area contributed by atoms with Gasteiger partial charge in [0.25, 0.3) is 0 Å². The van der Waals surface area contributed by atoms with Gasteiger partial charge in [0.05, 0.1) is 18.5 Å². The second kappa shape index (κ2) is 8.62. The van der Waals surface area contributed by atoms with Gasteiger partial charge >= 0.3 is 0 Å². The van der Waals surface area contributed by atoms with Crippen molar-refractivity contribution in [2.75, 3.05) is 25.5 Å². The zero-order valence-electron chi connectivity index (χ0n) is 14.0. The van der Waals surface area contributed by atoms with Gasteiger partial charge in [0.2, 0.25) is 0 Å². The summed E-state index contributed by atoms with van der Waals surface area (Å²) >= 11 is 1.32. The van der Waals surface area contributed by atoms with Crippen LogP contribution < -0.4 is 11.1 Å². The Bertz CT molecular complexity index is 865. The molecule has 0 saturated heterocycles. The van der Waals surface area contributed by atoms with E-state index in [0.717, 1.165) is 39.3 Å². The Hall–Kier alpha value is -2.41. The highest BCUT2D eigenvalue weighted by atomic mass is 32.2. The van der Waals surface area contributed by atoms with Crippen molar-refractivity contribution in [3.63, 3.8) is 0 Å². The van der Waals surface area contributed by atoms with Crippen LogP contribution in [-0.4, -0.2) is 20.2 Å². The molecule has 0 spiro atoms. The third-order valence-electron chi connectivity index (χ3n) is 3.65. The maximum Gasteiger partial charge on any atom is 0.0936 e. The van der Waals surface area contributed by atoms with Gasteiger partial charge in [-0.05, 0) is 36.4 Å². The Morgan fingerprint density at radius 1 is 0.960 bits per heavy atom. The second-order valence-electron chi connectivity index (χ2n) is 5.34. The third-order valence-corrected chi connectivity index (χ3v) is 4.28. The summed E-state index contributed by atoms with van der Waals surface area (Å²) in [6.45, 7) is 1.32. The van der Waals surface area contributed by atoms with Crippen molar-refractivity contribution in [2.24, 2.45) is 16.0 Å². The van der Waals surface area contributed by atoms with Gasteiger partial charge in [-0.15, -0.1) is 5.11 Å². The number of hydrogen-bond donors (Lipinski definition) is 2. The highest BCUT2D eigenvalue weighted by molar-refractivity contribution is 7.94. The summed E-state index contributed by atoms with van der Waals surface area (Å²) in [4.78, 5) is 1.03. The smallest absolute Gasteiger partial charge is 0.0936 e. The van der Waals surface area contributed by atoms with E-state index in [9.17, 15) is 0 Å². The molecule has 3 aromatic rings. The molecule has 128 valence electrons. The van der Waals surface area contributed by atoms with E-state index >= 15 is 0 Å². The van der Waals surface area contributed by atoms with Crippen LogP contribution >= 0.6 is 12.0 Å². The minimum absolute atomic E-state index is 0.590. The summed E-state index contributed by atoms with van der Waals surface area (Å²) in [5.41, 5.74) is 8.28. The first-order valence-corrected chi connectivity index (χ1v) is 8.74. The minimum Gasteiger partial charge on any atom is -0.383 e. The first kappa shape index (κ1) is 17.4. The van der Waals surface area contributed by atoms with Crippen LogP contribution in [0.25, 0.3) is 10.8 Å². The SMILES string of the molecule is COSc1ccc(N=Nc2ccc(NCCN)c3ccccc23)cc1. The zero-order valence-corrected chi connectivity index (χ0v) is 14.8. The van der Waals surface area contributed by atoms with Crippen molar-refractivity contribution >= 4 is 39.9 Å². The fourth-order valence-electron chi connectivity index (χ4n) is 2.51. The standard InChI is InChI=1S/C19H20N4OS/c1-24-25-15-8-6-14(7-9-15)22-23-19-11-10-18(21-13-12-20)16-4-2-3-5-17(16)19/h2-11,21H,12-13,20H2,1H3. The number of anilines is 1. The highest BCUT2D eigenvalue weighted by Crippen LogP contribution is 2.33. The molecule has 25 heavy (non-hydrogen) atoms. The van der Waals surface area contributed by atoms with E-state index < -0.39 is 0 Å². The van der Waals surface area contributed by atoms with Gasteiger partial charge in [0.15, 0.2) is 0 Å².